The van der Waals surface area contributed by atoms with Gasteiger partial charge in [0.1, 0.15) is 5.75 Å². The zero-order chi connectivity index (χ0) is 16.0. The molecule has 3 nitrogen and oxygen atoms in total. The van der Waals surface area contributed by atoms with E-state index in [1.165, 1.54) is 0 Å². The summed E-state index contributed by atoms with van der Waals surface area (Å²) in [5, 5.41) is 4.22. The number of nitrogens with one attached hydrogen (secondary N) is 1. The van der Waals surface area contributed by atoms with Crippen molar-refractivity contribution >= 4 is 11.6 Å². The van der Waals surface area contributed by atoms with Gasteiger partial charge in [-0.15, -0.1) is 0 Å². The minimum Gasteiger partial charge on any atom is -0.496 e. The minimum atomic E-state index is 0.0472. The van der Waals surface area contributed by atoms with E-state index >= 15 is 0 Å². The normalized spacial score (nSPS) is 13.5. The Morgan fingerprint density at radius 2 is 1.90 bits per heavy atom. The fraction of sp³-hybridized carbons (Fsp3) is 0.647. The van der Waals surface area contributed by atoms with Crippen molar-refractivity contribution < 1.29 is 4.74 Å². The van der Waals surface area contributed by atoms with Crippen LogP contribution in [0.25, 0.3) is 0 Å². The number of nitrogens with zero attached hydrogens (tertiary/aromatic N) is 1. The van der Waals surface area contributed by atoms with Gasteiger partial charge >= 0.3 is 0 Å². The predicted molar refractivity (Wildman–Crippen MR) is 91.6 cm³/mol. The summed E-state index contributed by atoms with van der Waals surface area (Å²) in [7, 11) is 3.73. The summed E-state index contributed by atoms with van der Waals surface area (Å²) in [4.78, 5) is 2.48. The number of methoxy groups -OCH3 is 1. The SMILES string of the molecule is CCN(CC)C(C)(C)C(Cc1cc(Cl)ccc1OC)NC. The van der Waals surface area contributed by atoms with Gasteiger partial charge in [-0.1, -0.05) is 25.4 Å². The maximum absolute atomic E-state index is 6.15. The number of hydrogen-bond acceptors (Lipinski definition) is 3. The fourth-order valence-electron chi connectivity index (χ4n) is 3.09. The van der Waals surface area contributed by atoms with Gasteiger partial charge in [0.25, 0.3) is 0 Å². The zero-order valence-electron chi connectivity index (χ0n) is 14.2. The standard InChI is InChI=1S/C17H29ClN2O/c1-7-20(8-2)17(3,4)16(19-5)12-13-11-14(18)9-10-15(13)21-6/h9-11,16,19H,7-8,12H2,1-6H3. The van der Waals surface area contributed by atoms with Gasteiger partial charge in [0.2, 0.25) is 0 Å². The smallest absolute Gasteiger partial charge is 0.122 e. The van der Waals surface area contributed by atoms with Crippen LogP contribution in [-0.4, -0.2) is 43.7 Å². The van der Waals surface area contributed by atoms with Gasteiger partial charge in [0.05, 0.1) is 7.11 Å². The number of rotatable bonds is 8. The molecular formula is C17H29ClN2O. The Bertz CT molecular complexity index is 444. The van der Waals surface area contributed by atoms with Crippen LogP contribution in [0.5, 0.6) is 5.75 Å². The lowest BCUT2D eigenvalue weighted by atomic mass is 9.87. The van der Waals surface area contributed by atoms with Crippen LogP contribution in [0.2, 0.25) is 5.02 Å². The van der Waals surface area contributed by atoms with Gasteiger partial charge in [-0.2, -0.15) is 0 Å². The van der Waals surface area contributed by atoms with Crippen LogP contribution in [0.3, 0.4) is 0 Å². The second-order valence-corrected chi connectivity index (χ2v) is 6.26. The van der Waals surface area contributed by atoms with E-state index in [0.717, 1.165) is 35.8 Å². The van der Waals surface area contributed by atoms with Crippen molar-refractivity contribution in [2.45, 2.75) is 45.7 Å². The van der Waals surface area contributed by atoms with E-state index in [1.807, 2.05) is 25.2 Å². The first-order valence-electron chi connectivity index (χ1n) is 7.65. The highest BCUT2D eigenvalue weighted by atomic mass is 35.5. The van der Waals surface area contributed by atoms with Crippen LogP contribution >= 0.6 is 11.6 Å². The van der Waals surface area contributed by atoms with Crippen LogP contribution in [0.15, 0.2) is 18.2 Å². The maximum atomic E-state index is 6.15. The third kappa shape index (κ3) is 4.35. The fourth-order valence-corrected chi connectivity index (χ4v) is 3.29. The van der Waals surface area contributed by atoms with Crippen LogP contribution in [0, 0.1) is 0 Å². The monoisotopic (exact) mass is 312 g/mol. The molecule has 1 atom stereocenters. The molecule has 120 valence electrons. The lowest BCUT2D eigenvalue weighted by Gasteiger charge is -2.43. The molecule has 0 bridgehead atoms. The Balaban J connectivity index is 3.04. The molecule has 4 heteroatoms. The molecule has 0 aliphatic rings. The van der Waals surface area contributed by atoms with Gasteiger partial charge in [-0.25, -0.2) is 0 Å². The average Bonchev–Trinajstić information content (AvgIpc) is 2.45. The first-order valence-corrected chi connectivity index (χ1v) is 8.03. The summed E-state index contributed by atoms with van der Waals surface area (Å²) in [6, 6.07) is 6.12. The van der Waals surface area contributed by atoms with Crippen molar-refractivity contribution in [2.75, 3.05) is 27.2 Å². The Kier molecular flexibility index (Phi) is 6.98. The second kappa shape index (κ2) is 8.02. The van der Waals surface area contributed by atoms with Gasteiger partial charge in [-0.05, 0) is 64.2 Å². The first kappa shape index (κ1) is 18.3. The zero-order valence-corrected chi connectivity index (χ0v) is 14.9. The van der Waals surface area contributed by atoms with E-state index in [1.54, 1.807) is 7.11 Å². The van der Waals surface area contributed by atoms with Crippen molar-refractivity contribution in [3.05, 3.63) is 28.8 Å². The van der Waals surface area contributed by atoms with Crippen molar-refractivity contribution in [2.24, 2.45) is 0 Å². The topological polar surface area (TPSA) is 24.5 Å². The molecule has 0 aromatic heterocycles. The van der Waals surface area contributed by atoms with E-state index in [-0.39, 0.29) is 5.54 Å². The molecule has 21 heavy (non-hydrogen) atoms. The Morgan fingerprint density at radius 1 is 1.29 bits per heavy atom. The van der Waals surface area contributed by atoms with Gasteiger partial charge in [0.15, 0.2) is 0 Å². The van der Waals surface area contributed by atoms with Crippen molar-refractivity contribution in [3.8, 4) is 5.75 Å². The Hall–Kier alpha value is -0.770. The minimum absolute atomic E-state index is 0.0472. The number of halogens is 1. The largest absolute Gasteiger partial charge is 0.496 e. The Morgan fingerprint density at radius 3 is 2.38 bits per heavy atom. The molecule has 1 rings (SSSR count). The third-order valence-corrected chi connectivity index (χ3v) is 4.68. The predicted octanol–water partition coefficient (Wildman–Crippen LogP) is 3.60. The number of likely N-dealkylation sites (N-methyl/N-ethyl adjacent to an activating group) is 2. The highest BCUT2D eigenvalue weighted by Gasteiger charge is 2.33. The molecule has 0 aliphatic heterocycles. The van der Waals surface area contributed by atoms with Gasteiger partial charge in [-0.3, -0.25) is 4.90 Å². The lowest BCUT2D eigenvalue weighted by Crippen LogP contribution is -2.57. The molecule has 1 aromatic carbocycles. The van der Waals surface area contributed by atoms with Crippen LogP contribution in [0.4, 0.5) is 0 Å². The molecule has 0 amide bonds. The van der Waals surface area contributed by atoms with Crippen molar-refractivity contribution in [3.63, 3.8) is 0 Å². The molecule has 1 N–H and O–H groups in total. The molecule has 0 saturated carbocycles. The highest BCUT2D eigenvalue weighted by Crippen LogP contribution is 2.28. The summed E-state index contributed by atoms with van der Waals surface area (Å²) in [5.41, 5.74) is 1.19. The van der Waals surface area contributed by atoms with Crippen LogP contribution in [0.1, 0.15) is 33.3 Å². The molecule has 0 radical (unpaired) electrons. The van der Waals surface area contributed by atoms with E-state index < -0.39 is 0 Å². The maximum Gasteiger partial charge on any atom is 0.122 e. The number of hydrogen-bond donors (Lipinski definition) is 1. The molecule has 0 heterocycles. The molecule has 0 saturated heterocycles. The molecule has 0 spiro atoms. The summed E-state index contributed by atoms with van der Waals surface area (Å²) in [6.45, 7) is 11.1. The Labute approximate surface area is 134 Å². The quantitative estimate of drug-likeness (QED) is 0.794. The van der Waals surface area contributed by atoms with Gasteiger partial charge < -0.3 is 10.1 Å². The van der Waals surface area contributed by atoms with Gasteiger partial charge in [0, 0.05) is 16.6 Å². The molecule has 1 aromatic rings. The first-order chi connectivity index (χ1) is 9.90. The van der Waals surface area contributed by atoms with Crippen LogP contribution in [-0.2, 0) is 6.42 Å². The summed E-state index contributed by atoms with van der Waals surface area (Å²) in [5.74, 6) is 0.898. The highest BCUT2D eigenvalue weighted by molar-refractivity contribution is 6.30. The third-order valence-electron chi connectivity index (χ3n) is 4.45. The molecule has 0 fully saturated rings. The van der Waals surface area contributed by atoms with E-state index in [4.69, 9.17) is 16.3 Å². The molecule has 0 aliphatic carbocycles. The van der Waals surface area contributed by atoms with E-state index in [0.29, 0.717) is 6.04 Å². The summed E-state index contributed by atoms with van der Waals surface area (Å²) < 4.78 is 5.47. The van der Waals surface area contributed by atoms with Crippen molar-refractivity contribution in [1.82, 2.24) is 10.2 Å². The number of benzene rings is 1. The summed E-state index contributed by atoms with van der Waals surface area (Å²) in [6.07, 6.45) is 0.879. The molecule has 1 unspecified atom stereocenters. The molecular weight excluding hydrogens is 284 g/mol. The number of ether oxygens (including phenoxy) is 1. The van der Waals surface area contributed by atoms with E-state index in [2.05, 4.69) is 37.9 Å². The summed E-state index contributed by atoms with van der Waals surface area (Å²) >= 11 is 6.15. The average molecular weight is 313 g/mol. The van der Waals surface area contributed by atoms with Crippen LogP contribution < -0.4 is 10.1 Å². The van der Waals surface area contributed by atoms with Crippen molar-refractivity contribution in [1.29, 1.82) is 0 Å². The van der Waals surface area contributed by atoms with E-state index in [9.17, 15) is 0 Å². The second-order valence-electron chi connectivity index (χ2n) is 5.83. The lowest BCUT2D eigenvalue weighted by molar-refractivity contribution is 0.0941.